The Labute approximate surface area is 182 Å². The van der Waals surface area contributed by atoms with Crippen LogP contribution in [-0.4, -0.2) is 41.0 Å². The Balaban J connectivity index is 1.82. The van der Waals surface area contributed by atoms with E-state index in [-0.39, 0.29) is 18.0 Å². The second kappa shape index (κ2) is 7.15. The number of urea groups is 1. The maximum Gasteiger partial charge on any atom is 0.318 e. The van der Waals surface area contributed by atoms with E-state index in [0.717, 1.165) is 39.8 Å². The van der Waals surface area contributed by atoms with Crippen LogP contribution in [0.4, 0.5) is 10.5 Å². The van der Waals surface area contributed by atoms with E-state index in [0.29, 0.717) is 19.5 Å². The average molecular weight is 417 g/mol. The number of carbonyl (C=O) groups is 2. The molecular formula is C25H28N4O2. The van der Waals surface area contributed by atoms with Crippen molar-refractivity contribution in [3.05, 3.63) is 65.4 Å². The first-order chi connectivity index (χ1) is 15.0. The van der Waals surface area contributed by atoms with E-state index in [4.69, 9.17) is 0 Å². The molecule has 0 saturated carbocycles. The monoisotopic (exact) mass is 416 g/mol. The third-order valence-electron chi connectivity index (χ3n) is 6.54. The molecule has 6 heteroatoms. The van der Waals surface area contributed by atoms with Gasteiger partial charge in [0.2, 0.25) is 0 Å². The fourth-order valence-corrected chi connectivity index (χ4v) is 5.28. The fourth-order valence-electron chi connectivity index (χ4n) is 5.28. The van der Waals surface area contributed by atoms with Crippen molar-refractivity contribution in [3.63, 3.8) is 0 Å². The third-order valence-corrected chi connectivity index (χ3v) is 6.54. The van der Waals surface area contributed by atoms with Gasteiger partial charge in [-0.2, -0.15) is 0 Å². The minimum Gasteiger partial charge on any atom is -0.355 e. The summed E-state index contributed by atoms with van der Waals surface area (Å²) in [5.74, 6) is -0.0668. The SMILES string of the molecule is CCCNC(=O)N1CCc2c([nH]c3ccccc23)[C@]12C(=O)N(C(C)C)c1ccccc12. The first-order valence-electron chi connectivity index (χ1n) is 11.1. The molecule has 0 fully saturated rings. The topological polar surface area (TPSA) is 68.4 Å². The quantitative estimate of drug-likeness (QED) is 0.674. The highest BCUT2D eigenvalue weighted by atomic mass is 16.2. The van der Waals surface area contributed by atoms with Crippen molar-refractivity contribution in [1.29, 1.82) is 0 Å². The van der Waals surface area contributed by atoms with Gasteiger partial charge in [0, 0.05) is 35.6 Å². The number of H-pyrrole nitrogens is 1. The minimum atomic E-state index is -1.19. The van der Waals surface area contributed by atoms with Crippen molar-refractivity contribution in [2.75, 3.05) is 18.0 Å². The molecule has 0 saturated heterocycles. The predicted molar refractivity (Wildman–Crippen MR) is 122 cm³/mol. The Morgan fingerprint density at radius 3 is 2.68 bits per heavy atom. The number of para-hydroxylation sites is 2. The molecule has 0 unspecified atom stereocenters. The van der Waals surface area contributed by atoms with E-state index < -0.39 is 5.54 Å². The maximum atomic E-state index is 14.3. The Bertz CT molecular complexity index is 1180. The molecule has 2 N–H and O–H groups in total. The van der Waals surface area contributed by atoms with E-state index in [2.05, 4.69) is 16.4 Å². The lowest BCUT2D eigenvalue weighted by molar-refractivity contribution is -0.127. The van der Waals surface area contributed by atoms with Gasteiger partial charge < -0.3 is 20.1 Å². The van der Waals surface area contributed by atoms with Crippen LogP contribution in [0.5, 0.6) is 0 Å². The molecule has 3 heterocycles. The summed E-state index contributed by atoms with van der Waals surface area (Å²) in [6, 6.07) is 15.8. The highest BCUT2D eigenvalue weighted by Gasteiger charge is 2.61. The van der Waals surface area contributed by atoms with Crippen molar-refractivity contribution < 1.29 is 9.59 Å². The summed E-state index contributed by atoms with van der Waals surface area (Å²) >= 11 is 0. The molecule has 3 aromatic rings. The van der Waals surface area contributed by atoms with Crippen LogP contribution in [0.2, 0.25) is 0 Å². The lowest BCUT2D eigenvalue weighted by Crippen LogP contribution is -2.62. The second-order valence-corrected chi connectivity index (χ2v) is 8.65. The number of nitrogens with zero attached hydrogens (tertiary/aromatic N) is 2. The third kappa shape index (κ3) is 2.57. The molecule has 0 radical (unpaired) electrons. The van der Waals surface area contributed by atoms with Crippen LogP contribution >= 0.6 is 0 Å². The number of rotatable bonds is 3. The van der Waals surface area contributed by atoms with E-state index in [1.54, 1.807) is 4.90 Å². The molecule has 3 amide bonds. The van der Waals surface area contributed by atoms with Gasteiger partial charge in [0.15, 0.2) is 5.54 Å². The first kappa shape index (κ1) is 19.7. The van der Waals surface area contributed by atoms with Gasteiger partial charge in [0.1, 0.15) is 0 Å². The van der Waals surface area contributed by atoms with Crippen LogP contribution in [0.3, 0.4) is 0 Å². The summed E-state index contributed by atoms with van der Waals surface area (Å²) in [7, 11) is 0. The number of aromatic amines is 1. The Morgan fingerprint density at radius 1 is 1.16 bits per heavy atom. The molecule has 2 aliphatic rings. The summed E-state index contributed by atoms with van der Waals surface area (Å²) in [4.78, 5) is 34.8. The van der Waals surface area contributed by atoms with Gasteiger partial charge >= 0.3 is 6.03 Å². The molecule has 0 bridgehead atoms. The minimum absolute atomic E-state index is 0.0247. The molecular weight excluding hydrogens is 388 g/mol. The van der Waals surface area contributed by atoms with Crippen LogP contribution < -0.4 is 10.2 Å². The molecule has 1 atom stereocenters. The lowest BCUT2D eigenvalue weighted by Gasteiger charge is -2.43. The van der Waals surface area contributed by atoms with Crippen LogP contribution in [0.15, 0.2) is 48.5 Å². The van der Waals surface area contributed by atoms with Crippen LogP contribution in [-0.2, 0) is 16.8 Å². The maximum absolute atomic E-state index is 14.3. The van der Waals surface area contributed by atoms with Crippen molar-refractivity contribution in [3.8, 4) is 0 Å². The van der Waals surface area contributed by atoms with Gasteiger partial charge in [-0.05, 0) is 44.4 Å². The highest BCUT2D eigenvalue weighted by molar-refractivity contribution is 6.13. The number of benzene rings is 2. The molecule has 2 aromatic carbocycles. The number of hydrogen-bond acceptors (Lipinski definition) is 2. The summed E-state index contributed by atoms with van der Waals surface area (Å²) < 4.78 is 0. The second-order valence-electron chi connectivity index (χ2n) is 8.65. The smallest absolute Gasteiger partial charge is 0.318 e. The highest BCUT2D eigenvalue weighted by Crippen LogP contribution is 2.52. The molecule has 1 spiro atoms. The van der Waals surface area contributed by atoms with Crippen molar-refractivity contribution in [2.24, 2.45) is 0 Å². The summed E-state index contributed by atoms with van der Waals surface area (Å²) in [5.41, 5.74) is 3.51. The van der Waals surface area contributed by atoms with Crippen LogP contribution in [0.25, 0.3) is 10.9 Å². The predicted octanol–water partition coefficient (Wildman–Crippen LogP) is 4.14. The number of amides is 3. The van der Waals surface area contributed by atoms with E-state index in [1.165, 1.54) is 0 Å². The Hall–Kier alpha value is -3.28. The van der Waals surface area contributed by atoms with Gasteiger partial charge in [-0.15, -0.1) is 0 Å². The standard InChI is InChI=1S/C25H28N4O2/c1-4-14-26-24(31)28-15-13-18-17-9-5-7-11-20(17)27-22(18)25(28)19-10-6-8-12-21(19)29(16(2)3)23(25)30/h5-12,16,27H,4,13-15H2,1-3H3,(H,26,31)/t25-/m1/s1. The molecule has 160 valence electrons. The van der Waals surface area contributed by atoms with Crippen LogP contribution in [0, 0.1) is 0 Å². The van der Waals surface area contributed by atoms with E-state index in [9.17, 15) is 9.59 Å². The van der Waals surface area contributed by atoms with Crippen molar-refractivity contribution >= 4 is 28.5 Å². The summed E-state index contributed by atoms with van der Waals surface area (Å²) in [6.45, 7) is 7.12. The number of carbonyl (C=O) groups excluding carboxylic acids is 2. The zero-order valence-electron chi connectivity index (χ0n) is 18.2. The van der Waals surface area contributed by atoms with Crippen molar-refractivity contribution in [1.82, 2.24) is 15.2 Å². The molecule has 31 heavy (non-hydrogen) atoms. The molecule has 6 nitrogen and oxygen atoms in total. The Morgan fingerprint density at radius 2 is 1.90 bits per heavy atom. The fraction of sp³-hybridized carbons (Fsp3) is 0.360. The number of hydrogen-bond donors (Lipinski definition) is 2. The van der Waals surface area contributed by atoms with Gasteiger partial charge in [-0.25, -0.2) is 4.79 Å². The largest absolute Gasteiger partial charge is 0.355 e. The Kier molecular flexibility index (Phi) is 4.54. The zero-order valence-corrected chi connectivity index (χ0v) is 18.2. The average Bonchev–Trinajstić information content (AvgIpc) is 3.27. The first-order valence-corrected chi connectivity index (χ1v) is 11.1. The van der Waals surface area contributed by atoms with E-state index >= 15 is 0 Å². The molecule has 2 aliphatic heterocycles. The normalized spacial score (nSPS) is 19.9. The van der Waals surface area contributed by atoms with Gasteiger partial charge in [0.25, 0.3) is 5.91 Å². The number of aromatic nitrogens is 1. The number of anilines is 1. The molecule has 5 rings (SSSR count). The van der Waals surface area contributed by atoms with Gasteiger partial charge in [0.05, 0.1) is 11.4 Å². The van der Waals surface area contributed by atoms with Crippen molar-refractivity contribution in [2.45, 2.75) is 45.2 Å². The van der Waals surface area contributed by atoms with Gasteiger partial charge in [-0.1, -0.05) is 43.3 Å². The number of fused-ring (bicyclic) bond motifs is 6. The lowest BCUT2D eigenvalue weighted by atomic mass is 9.80. The number of nitrogens with one attached hydrogen (secondary N) is 2. The summed E-state index contributed by atoms with van der Waals surface area (Å²) in [5, 5.41) is 4.14. The van der Waals surface area contributed by atoms with E-state index in [1.807, 2.05) is 68.1 Å². The molecule has 1 aromatic heterocycles. The van der Waals surface area contributed by atoms with Gasteiger partial charge in [-0.3, -0.25) is 4.79 Å². The van der Waals surface area contributed by atoms with Crippen LogP contribution in [0.1, 0.15) is 44.0 Å². The zero-order chi connectivity index (χ0) is 21.8. The molecule has 0 aliphatic carbocycles. The summed E-state index contributed by atoms with van der Waals surface area (Å²) in [6.07, 6.45) is 1.55.